The third-order valence-electron chi connectivity index (χ3n) is 4.04. The van der Waals surface area contributed by atoms with Crippen molar-refractivity contribution in [3.8, 4) is 0 Å². The molecule has 0 saturated carbocycles. The summed E-state index contributed by atoms with van der Waals surface area (Å²) in [4.78, 5) is 28.2. The van der Waals surface area contributed by atoms with Crippen LogP contribution in [0.1, 0.15) is 43.6 Å². The van der Waals surface area contributed by atoms with E-state index in [9.17, 15) is 14.0 Å². The van der Waals surface area contributed by atoms with Gasteiger partial charge in [0.15, 0.2) is 0 Å². The zero-order valence-corrected chi connectivity index (χ0v) is 16.8. The summed E-state index contributed by atoms with van der Waals surface area (Å²) in [6.07, 6.45) is -0.394. The first kappa shape index (κ1) is 19.7. The number of benzene rings is 1. The van der Waals surface area contributed by atoms with Crippen LogP contribution in [0, 0.1) is 12.7 Å². The van der Waals surface area contributed by atoms with E-state index in [0.29, 0.717) is 24.1 Å². The molecule has 7 heteroatoms. The van der Waals surface area contributed by atoms with Crippen molar-refractivity contribution in [1.82, 2.24) is 9.80 Å². The van der Waals surface area contributed by atoms with Crippen LogP contribution < -0.4 is 0 Å². The van der Waals surface area contributed by atoms with Crippen molar-refractivity contribution in [2.24, 2.45) is 0 Å². The lowest BCUT2D eigenvalue weighted by atomic mass is 10.1. The molecule has 1 fully saturated rings. The number of ether oxygens (including phenoxy) is 1. The van der Waals surface area contributed by atoms with Gasteiger partial charge in [0, 0.05) is 30.1 Å². The summed E-state index contributed by atoms with van der Waals surface area (Å²) in [7, 11) is 0. The van der Waals surface area contributed by atoms with Gasteiger partial charge in [0.25, 0.3) is 5.91 Å². The molecular weight excluding hydrogens is 391 g/mol. The van der Waals surface area contributed by atoms with Crippen LogP contribution in [-0.4, -0.2) is 53.1 Å². The molecule has 1 aromatic carbocycles. The molecule has 0 unspecified atom stereocenters. The minimum absolute atomic E-state index is 0.0397. The van der Waals surface area contributed by atoms with E-state index >= 15 is 0 Å². The summed E-state index contributed by atoms with van der Waals surface area (Å²) in [6.45, 7) is 10.1. The molecule has 5 nitrogen and oxygen atoms in total. The van der Waals surface area contributed by atoms with Crippen LogP contribution in [0.5, 0.6) is 0 Å². The molecule has 1 aliphatic heterocycles. The van der Waals surface area contributed by atoms with Crippen molar-refractivity contribution < 1.29 is 18.7 Å². The van der Waals surface area contributed by atoms with Gasteiger partial charge in [-0.3, -0.25) is 4.79 Å². The van der Waals surface area contributed by atoms with E-state index in [0.717, 1.165) is 5.56 Å². The lowest BCUT2D eigenvalue weighted by molar-refractivity contribution is 0.00189. The van der Waals surface area contributed by atoms with Gasteiger partial charge in [-0.2, -0.15) is 0 Å². The normalized spacial score (nSPS) is 18.3. The molecule has 1 atom stereocenters. The van der Waals surface area contributed by atoms with Gasteiger partial charge >= 0.3 is 6.09 Å². The Kier molecular flexibility index (Phi) is 5.76. The first-order chi connectivity index (χ1) is 11.5. The largest absolute Gasteiger partial charge is 0.444 e. The average molecular weight is 415 g/mol. The molecule has 2 amide bonds. The van der Waals surface area contributed by atoms with Crippen LogP contribution in [0.4, 0.5) is 9.18 Å². The van der Waals surface area contributed by atoms with Gasteiger partial charge < -0.3 is 14.5 Å². The Labute approximate surface area is 156 Å². The van der Waals surface area contributed by atoms with Gasteiger partial charge in [0.1, 0.15) is 11.4 Å². The second-order valence-corrected chi connectivity index (χ2v) is 8.12. The molecule has 0 aromatic heterocycles. The molecular formula is C18H24BrFN2O3. The summed E-state index contributed by atoms with van der Waals surface area (Å²) in [6, 6.07) is 2.71. The van der Waals surface area contributed by atoms with Crippen LogP contribution in [-0.2, 0) is 4.74 Å². The number of carbonyl (C=O) groups excluding carboxylic acids is 2. The number of aryl methyl sites for hydroxylation is 1. The predicted octanol–water partition coefficient (Wildman–Crippen LogP) is 3.98. The maximum atomic E-state index is 14.2. The lowest BCUT2D eigenvalue weighted by Crippen LogP contribution is -2.56. The van der Waals surface area contributed by atoms with Crippen molar-refractivity contribution in [1.29, 1.82) is 0 Å². The minimum Gasteiger partial charge on any atom is -0.444 e. The van der Waals surface area contributed by atoms with Crippen LogP contribution in [0.25, 0.3) is 0 Å². The number of carbonyl (C=O) groups is 2. The van der Waals surface area contributed by atoms with Gasteiger partial charge in [0.05, 0.1) is 5.56 Å². The predicted molar refractivity (Wildman–Crippen MR) is 97.1 cm³/mol. The topological polar surface area (TPSA) is 49.9 Å². The molecule has 1 aliphatic rings. The van der Waals surface area contributed by atoms with Crippen LogP contribution in [0.15, 0.2) is 16.6 Å². The number of halogens is 2. The summed E-state index contributed by atoms with van der Waals surface area (Å²) >= 11 is 3.31. The van der Waals surface area contributed by atoms with Gasteiger partial charge in [-0.05, 0) is 62.2 Å². The quantitative estimate of drug-likeness (QED) is 0.698. The Bertz CT molecular complexity index is 688. The molecule has 1 heterocycles. The van der Waals surface area contributed by atoms with E-state index in [1.54, 1.807) is 15.9 Å². The lowest BCUT2D eigenvalue weighted by Gasteiger charge is -2.40. The highest BCUT2D eigenvalue weighted by Crippen LogP contribution is 2.26. The molecule has 2 rings (SSSR count). The zero-order valence-electron chi connectivity index (χ0n) is 15.2. The van der Waals surface area contributed by atoms with E-state index in [-0.39, 0.29) is 17.5 Å². The van der Waals surface area contributed by atoms with Gasteiger partial charge in [-0.15, -0.1) is 0 Å². The third-order valence-corrected chi connectivity index (χ3v) is 5.06. The summed E-state index contributed by atoms with van der Waals surface area (Å²) in [5.74, 6) is -0.923. The Morgan fingerprint density at radius 2 is 1.92 bits per heavy atom. The van der Waals surface area contributed by atoms with Crippen LogP contribution in [0.3, 0.4) is 0 Å². The van der Waals surface area contributed by atoms with Gasteiger partial charge in [-0.1, -0.05) is 6.07 Å². The Balaban J connectivity index is 2.12. The molecule has 1 aromatic rings. The van der Waals surface area contributed by atoms with Crippen molar-refractivity contribution in [2.75, 3.05) is 19.6 Å². The maximum Gasteiger partial charge on any atom is 0.410 e. The Morgan fingerprint density at radius 1 is 1.28 bits per heavy atom. The molecule has 25 heavy (non-hydrogen) atoms. The summed E-state index contributed by atoms with van der Waals surface area (Å²) in [5, 5.41) is 0. The van der Waals surface area contributed by atoms with Gasteiger partial charge in [0.2, 0.25) is 0 Å². The molecule has 0 N–H and O–H groups in total. The third kappa shape index (κ3) is 4.51. The fourth-order valence-corrected chi connectivity index (χ4v) is 3.24. The Morgan fingerprint density at radius 3 is 2.48 bits per heavy atom. The fraction of sp³-hybridized carbons (Fsp3) is 0.556. The maximum absolute atomic E-state index is 14.2. The molecule has 0 radical (unpaired) electrons. The molecule has 0 aliphatic carbocycles. The van der Waals surface area contributed by atoms with Crippen LogP contribution >= 0.6 is 15.9 Å². The highest BCUT2D eigenvalue weighted by atomic mass is 79.9. The number of amides is 2. The van der Waals surface area contributed by atoms with E-state index in [4.69, 9.17) is 4.74 Å². The second-order valence-electron chi connectivity index (χ2n) is 7.33. The van der Waals surface area contributed by atoms with Crippen molar-refractivity contribution in [3.05, 3.63) is 33.5 Å². The molecule has 0 bridgehead atoms. The number of piperazine rings is 1. The average Bonchev–Trinajstić information content (AvgIpc) is 2.49. The van der Waals surface area contributed by atoms with E-state index in [1.165, 1.54) is 6.07 Å². The number of rotatable bonds is 1. The first-order valence-corrected chi connectivity index (χ1v) is 9.04. The Hall–Kier alpha value is -1.63. The number of hydrogen-bond acceptors (Lipinski definition) is 3. The van der Waals surface area contributed by atoms with Gasteiger partial charge in [-0.25, -0.2) is 9.18 Å². The molecule has 138 valence electrons. The zero-order chi connectivity index (χ0) is 18.9. The monoisotopic (exact) mass is 414 g/mol. The van der Waals surface area contributed by atoms with Crippen molar-refractivity contribution in [3.63, 3.8) is 0 Å². The van der Waals surface area contributed by atoms with Crippen LogP contribution in [0.2, 0.25) is 0 Å². The summed E-state index contributed by atoms with van der Waals surface area (Å²) < 4.78 is 20.0. The second kappa shape index (κ2) is 7.32. The smallest absolute Gasteiger partial charge is 0.410 e. The fourth-order valence-electron chi connectivity index (χ4n) is 2.74. The van der Waals surface area contributed by atoms with E-state index < -0.39 is 17.5 Å². The highest BCUT2D eigenvalue weighted by molar-refractivity contribution is 9.10. The van der Waals surface area contributed by atoms with Crippen molar-refractivity contribution in [2.45, 2.75) is 46.3 Å². The molecule has 1 saturated heterocycles. The van der Waals surface area contributed by atoms with Crippen molar-refractivity contribution >= 4 is 27.9 Å². The standard InChI is InChI=1S/C18H24BrFN2O3/c1-11-6-7-13(20)14(15(11)19)16(23)21-8-9-22(12(2)10-21)17(24)25-18(3,4)5/h6-7,12H,8-10H2,1-5H3/t12-/m1/s1. The highest BCUT2D eigenvalue weighted by Gasteiger charge is 2.34. The molecule has 0 spiro atoms. The number of hydrogen-bond donors (Lipinski definition) is 0. The van der Waals surface area contributed by atoms with E-state index in [1.807, 2.05) is 34.6 Å². The number of nitrogens with zero attached hydrogens (tertiary/aromatic N) is 2. The summed E-state index contributed by atoms with van der Waals surface area (Å²) in [5.41, 5.74) is 0.266. The SMILES string of the molecule is Cc1ccc(F)c(C(=O)N2CCN(C(=O)OC(C)(C)C)[C@H](C)C2)c1Br. The van der Waals surface area contributed by atoms with E-state index in [2.05, 4.69) is 15.9 Å². The first-order valence-electron chi connectivity index (χ1n) is 8.24. The minimum atomic E-state index is -0.570.